The van der Waals surface area contributed by atoms with Gasteiger partial charge in [0.25, 0.3) is 5.91 Å². The van der Waals surface area contributed by atoms with Crippen LogP contribution in [-0.2, 0) is 4.79 Å². The molecule has 0 spiro atoms. The predicted molar refractivity (Wildman–Crippen MR) is 73.3 cm³/mol. The lowest BCUT2D eigenvalue weighted by Crippen LogP contribution is -2.15. The SMILES string of the molecule is O=C(CO)Nc1nc(-c2ccc(Cl)c(Cl)c2)cs1. The Kier molecular flexibility index (Phi) is 4.19. The smallest absolute Gasteiger partial charge is 0.251 e. The molecule has 2 aromatic rings. The highest BCUT2D eigenvalue weighted by Crippen LogP contribution is 2.30. The van der Waals surface area contributed by atoms with Crippen LogP contribution in [0.4, 0.5) is 5.13 Å². The number of aromatic nitrogens is 1. The van der Waals surface area contributed by atoms with Gasteiger partial charge < -0.3 is 5.11 Å². The summed E-state index contributed by atoms with van der Waals surface area (Å²) in [6.45, 7) is -0.568. The van der Waals surface area contributed by atoms with Gasteiger partial charge in [0.15, 0.2) is 5.13 Å². The van der Waals surface area contributed by atoms with Crippen LogP contribution >= 0.6 is 34.5 Å². The van der Waals surface area contributed by atoms with Crippen LogP contribution in [0.3, 0.4) is 0 Å². The lowest BCUT2D eigenvalue weighted by Gasteiger charge is -2.00. The Morgan fingerprint density at radius 3 is 2.83 bits per heavy atom. The number of carbonyl (C=O) groups excluding carboxylic acids is 1. The number of aliphatic hydroxyl groups excluding tert-OH is 1. The monoisotopic (exact) mass is 302 g/mol. The van der Waals surface area contributed by atoms with Crippen molar-refractivity contribution in [2.45, 2.75) is 0 Å². The molecule has 0 saturated carbocycles. The number of carbonyl (C=O) groups is 1. The Labute approximate surface area is 117 Å². The third-order valence-corrected chi connectivity index (χ3v) is 3.61. The number of anilines is 1. The first-order chi connectivity index (χ1) is 8.60. The first-order valence-corrected chi connectivity index (χ1v) is 6.55. The van der Waals surface area contributed by atoms with E-state index in [1.54, 1.807) is 23.6 Å². The molecule has 1 heterocycles. The highest BCUT2D eigenvalue weighted by molar-refractivity contribution is 7.14. The minimum Gasteiger partial charge on any atom is -0.387 e. The Balaban J connectivity index is 2.23. The first-order valence-electron chi connectivity index (χ1n) is 4.92. The number of thiazole rings is 1. The molecular weight excluding hydrogens is 295 g/mol. The maximum Gasteiger partial charge on any atom is 0.251 e. The van der Waals surface area contributed by atoms with Crippen molar-refractivity contribution < 1.29 is 9.90 Å². The minimum absolute atomic E-state index is 0.426. The topological polar surface area (TPSA) is 62.2 Å². The lowest BCUT2D eigenvalue weighted by atomic mass is 10.2. The van der Waals surface area contributed by atoms with Crippen molar-refractivity contribution in [2.24, 2.45) is 0 Å². The highest BCUT2D eigenvalue weighted by atomic mass is 35.5. The van der Waals surface area contributed by atoms with Crippen molar-refractivity contribution in [3.8, 4) is 11.3 Å². The number of hydrogen-bond acceptors (Lipinski definition) is 4. The van der Waals surface area contributed by atoms with E-state index in [-0.39, 0.29) is 0 Å². The van der Waals surface area contributed by atoms with Crippen LogP contribution in [0.25, 0.3) is 11.3 Å². The molecule has 0 unspecified atom stereocenters. The zero-order valence-electron chi connectivity index (χ0n) is 8.98. The molecule has 0 aliphatic heterocycles. The molecule has 0 aliphatic carbocycles. The fourth-order valence-corrected chi connectivity index (χ4v) is 2.31. The number of benzene rings is 1. The van der Waals surface area contributed by atoms with E-state index < -0.39 is 12.5 Å². The van der Waals surface area contributed by atoms with Gasteiger partial charge in [-0.15, -0.1) is 11.3 Å². The molecule has 1 amide bonds. The quantitative estimate of drug-likeness (QED) is 0.916. The molecule has 0 fully saturated rings. The molecule has 2 rings (SSSR count). The van der Waals surface area contributed by atoms with Gasteiger partial charge in [-0.1, -0.05) is 29.3 Å². The van der Waals surface area contributed by atoms with Gasteiger partial charge in [-0.05, 0) is 12.1 Å². The van der Waals surface area contributed by atoms with Gasteiger partial charge in [0, 0.05) is 10.9 Å². The molecule has 7 heteroatoms. The van der Waals surface area contributed by atoms with Crippen molar-refractivity contribution in [1.82, 2.24) is 4.98 Å². The van der Waals surface area contributed by atoms with E-state index >= 15 is 0 Å². The van der Waals surface area contributed by atoms with E-state index in [0.717, 1.165) is 5.56 Å². The van der Waals surface area contributed by atoms with Crippen molar-refractivity contribution in [3.63, 3.8) is 0 Å². The molecular formula is C11H8Cl2N2O2S. The van der Waals surface area contributed by atoms with Crippen LogP contribution in [0.5, 0.6) is 0 Å². The van der Waals surface area contributed by atoms with E-state index in [4.69, 9.17) is 28.3 Å². The molecule has 1 aromatic carbocycles. The number of nitrogens with one attached hydrogen (secondary N) is 1. The van der Waals surface area contributed by atoms with Crippen molar-refractivity contribution in [1.29, 1.82) is 0 Å². The molecule has 0 bridgehead atoms. The highest BCUT2D eigenvalue weighted by Gasteiger charge is 2.08. The Morgan fingerprint density at radius 2 is 2.17 bits per heavy atom. The third-order valence-electron chi connectivity index (χ3n) is 2.11. The molecule has 94 valence electrons. The number of halogens is 2. The predicted octanol–water partition coefficient (Wildman–Crippen LogP) is 3.05. The summed E-state index contributed by atoms with van der Waals surface area (Å²) in [5.74, 6) is -0.495. The molecule has 0 aliphatic rings. The van der Waals surface area contributed by atoms with Gasteiger partial charge in [0.1, 0.15) is 6.61 Å². The molecule has 0 saturated heterocycles. The fourth-order valence-electron chi connectivity index (χ4n) is 1.28. The zero-order chi connectivity index (χ0) is 13.1. The zero-order valence-corrected chi connectivity index (χ0v) is 11.3. The van der Waals surface area contributed by atoms with Crippen LogP contribution < -0.4 is 5.32 Å². The molecule has 0 atom stereocenters. The van der Waals surface area contributed by atoms with Gasteiger partial charge in [0.2, 0.25) is 0 Å². The number of hydrogen-bond donors (Lipinski definition) is 2. The van der Waals surface area contributed by atoms with Gasteiger partial charge in [-0.2, -0.15) is 0 Å². The second kappa shape index (κ2) is 5.67. The van der Waals surface area contributed by atoms with Crippen molar-refractivity contribution in [2.75, 3.05) is 11.9 Å². The number of amides is 1. The Hall–Kier alpha value is -1.14. The Bertz CT molecular complexity index is 586. The maximum atomic E-state index is 11.0. The average Bonchev–Trinajstić information content (AvgIpc) is 2.81. The summed E-state index contributed by atoms with van der Waals surface area (Å²) in [4.78, 5) is 15.2. The summed E-state index contributed by atoms with van der Waals surface area (Å²) in [6.07, 6.45) is 0. The van der Waals surface area contributed by atoms with E-state index in [1.807, 2.05) is 0 Å². The summed E-state index contributed by atoms with van der Waals surface area (Å²) in [7, 11) is 0. The number of nitrogens with zero attached hydrogens (tertiary/aromatic N) is 1. The summed E-state index contributed by atoms with van der Waals surface area (Å²) in [6, 6.07) is 5.18. The normalized spacial score (nSPS) is 10.4. The maximum absolute atomic E-state index is 11.0. The fraction of sp³-hybridized carbons (Fsp3) is 0.0909. The van der Waals surface area contributed by atoms with E-state index in [2.05, 4.69) is 10.3 Å². The molecule has 4 nitrogen and oxygen atoms in total. The molecule has 18 heavy (non-hydrogen) atoms. The summed E-state index contributed by atoms with van der Waals surface area (Å²) in [5.41, 5.74) is 1.50. The van der Waals surface area contributed by atoms with Crippen LogP contribution in [-0.4, -0.2) is 22.6 Å². The summed E-state index contributed by atoms with van der Waals surface area (Å²) < 4.78 is 0. The largest absolute Gasteiger partial charge is 0.387 e. The lowest BCUT2D eigenvalue weighted by molar-refractivity contribution is -0.118. The Morgan fingerprint density at radius 1 is 1.39 bits per heavy atom. The standard InChI is InChI=1S/C11H8Cl2N2O2S/c12-7-2-1-6(3-8(7)13)9-5-18-11(14-9)15-10(17)4-16/h1-3,5,16H,4H2,(H,14,15,17). The average molecular weight is 303 g/mol. The van der Waals surface area contributed by atoms with Crippen molar-refractivity contribution >= 4 is 45.6 Å². The van der Waals surface area contributed by atoms with Crippen LogP contribution in [0.2, 0.25) is 10.0 Å². The van der Waals surface area contributed by atoms with E-state index in [9.17, 15) is 4.79 Å². The van der Waals surface area contributed by atoms with Crippen molar-refractivity contribution in [3.05, 3.63) is 33.6 Å². The van der Waals surface area contributed by atoms with Gasteiger partial charge in [0.05, 0.1) is 15.7 Å². The summed E-state index contributed by atoms with van der Waals surface area (Å²) >= 11 is 13.0. The number of aliphatic hydroxyl groups is 1. The second-order valence-electron chi connectivity index (χ2n) is 3.37. The van der Waals surface area contributed by atoms with Gasteiger partial charge in [-0.3, -0.25) is 10.1 Å². The molecule has 1 aromatic heterocycles. The van der Waals surface area contributed by atoms with Gasteiger partial charge >= 0.3 is 0 Å². The first kappa shape index (κ1) is 13.3. The third kappa shape index (κ3) is 3.00. The van der Waals surface area contributed by atoms with Crippen LogP contribution in [0.1, 0.15) is 0 Å². The second-order valence-corrected chi connectivity index (χ2v) is 5.05. The molecule has 0 radical (unpaired) electrons. The van der Waals surface area contributed by atoms with Crippen LogP contribution in [0.15, 0.2) is 23.6 Å². The summed E-state index contributed by atoms with van der Waals surface area (Å²) in [5, 5.41) is 14.2. The minimum atomic E-state index is -0.568. The van der Waals surface area contributed by atoms with E-state index in [1.165, 1.54) is 11.3 Å². The van der Waals surface area contributed by atoms with Gasteiger partial charge in [-0.25, -0.2) is 4.98 Å². The van der Waals surface area contributed by atoms with Crippen LogP contribution in [0, 0.1) is 0 Å². The number of rotatable bonds is 3. The van der Waals surface area contributed by atoms with E-state index in [0.29, 0.717) is 20.9 Å². The molecule has 2 N–H and O–H groups in total.